The zero-order valence-corrected chi connectivity index (χ0v) is 14.7. The van der Waals surface area contributed by atoms with Crippen LogP contribution in [0.2, 0.25) is 0 Å². The maximum Gasteiger partial charge on any atom is 0.231 e. The Morgan fingerprint density at radius 3 is 2.31 bits per heavy atom. The molecule has 0 bridgehead atoms. The smallest absolute Gasteiger partial charge is 0.231 e. The number of rotatable bonds is 7. The van der Waals surface area contributed by atoms with Crippen molar-refractivity contribution in [3.63, 3.8) is 0 Å². The molecule has 26 heavy (non-hydrogen) atoms. The van der Waals surface area contributed by atoms with Crippen molar-refractivity contribution >= 4 is 0 Å². The highest BCUT2D eigenvalue weighted by Crippen LogP contribution is 2.37. The van der Waals surface area contributed by atoms with E-state index in [1.165, 1.54) is 16.7 Å². The molecule has 3 aromatic rings. The Kier molecular flexibility index (Phi) is 5.17. The molecule has 3 nitrogen and oxygen atoms in total. The van der Waals surface area contributed by atoms with E-state index in [0.717, 1.165) is 31.0 Å². The Bertz CT molecular complexity index is 833. The van der Waals surface area contributed by atoms with Gasteiger partial charge in [-0.15, -0.1) is 0 Å². The predicted octanol–water partition coefficient (Wildman–Crippen LogP) is 4.73. The number of ether oxygens (including phenoxy) is 2. The van der Waals surface area contributed by atoms with E-state index in [2.05, 4.69) is 78.1 Å². The highest BCUT2D eigenvalue weighted by atomic mass is 16.7. The van der Waals surface area contributed by atoms with Crippen molar-refractivity contribution < 1.29 is 9.47 Å². The van der Waals surface area contributed by atoms with Crippen LogP contribution in [0.15, 0.2) is 78.9 Å². The van der Waals surface area contributed by atoms with Gasteiger partial charge in [-0.1, -0.05) is 66.7 Å². The summed E-state index contributed by atoms with van der Waals surface area (Å²) in [6, 6.07) is 27.5. The van der Waals surface area contributed by atoms with Crippen molar-refractivity contribution in [2.75, 3.05) is 13.3 Å². The van der Waals surface area contributed by atoms with Crippen LogP contribution in [0.5, 0.6) is 11.5 Å². The van der Waals surface area contributed by atoms with E-state index in [1.807, 2.05) is 6.07 Å². The van der Waals surface area contributed by atoms with E-state index in [-0.39, 0.29) is 0 Å². The summed E-state index contributed by atoms with van der Waals surface area (Å²) in [7, 11) is 0. The lowest BCUT2D eigenvalue weighted by Crippen LogP contribution is -2.17. The Labute approximate surface area is 154 Å². The molecule has 1 atom stereocenters. The molecule has 0 spiro atoms. The van der Waals surface area contributed by atoms with Gasteiger partial charge in [0.2, 0.25) is 6.79 Å². The zero-order chi connectivity index (χ0) is 17.6. The fraction of sp³-hybridized carbons (Fsp3) is 0.217. The molecule has 3 aromatic carbocycles. The molecule has 132 valence electrons. The first-order chi connectivity index (χ1) is 12.9. The number of hydrogen-bond acceptors (Lipinski definition) is 3. The summed E-state index contributed by atoms with van der Waals surface area (Å²) >= 11 is 0. The summed E-state index contributed by atoms with van der Waals surface area (Å²) in [5.74, 6) is 2.01. The van der Waals surface area contributed by atoms with E-state index < -0.39 is 0 Å². The van der Waals surface area contributed by atoms with Crippen LogP contribution in [-0.4, -0.2) is 13.3 Å². The van der Waals surface area contributed by atoms with Crippen LogP contribution in [0.25, 0.3) is 0 Å². The van der Waals surface area contributed by atoms with Gasteiger partial charge in [0, 0.05) is 12.5 Å². The van der Waals surface area contributed by atoms with E-state index in [9.17, 15) is 0 Å². The van der Waals surface area contributed by atoms with Crippen LogP contribution < -0.4 is 14.8 Å². The van der Waals surface area contributed by atoms with Gasteiger partial charge in [0.25, 0.3) is 0 Å². The van der Waals surface area contributed by atoms with Gasteiger partial charge in [-0.3, -0.25) is 0 Å². The average molecular weight is 345 g/mol. The van der Waals surface area contributed by atoms with Crippen molar-refractivity contribution in [2.45, 2.75) is 18.9 Å². The molecule has 0 aromatic heterocycles. The predicted molar refractivity (Wildman–Crippen MR) is 104 cm³/mol. The lowest BCUT2D eigenvalue weighted by molar-refractivity contribution is 0.174. The minimum atomic E-state index is 0.313. The number of hydrogen-bond donors (Lipinski definition) is 1. The highest BCUT2D eigenvalue weighted by molar-refractivity contribution is 5.47. The number of nitrogens with one attached hydrogen (secondary N) is 1. The standard InChI is InChI=1S/C23H23NO2/c1-3-7-18(8-4-1)16-24-14-13-21(19-9-5-2-6-10-19)20-11-12-22-23(15-20)26-17-25-22/h1-12,15,21,24H,13-14,16-17H2/t21-/m1/s1. The fourth-order valence-electron chi connectivity index (χ4n) is 3.42. The van der Waals surface area contributed by atoms with Crippen LogP contribution in [0.3, 0.4) is 0 Å². The van der Waals surface area contributed by atoms with Crippen molar-refractivity contribution in [1.29, 1.82) is 0 Å². The molecule has 0 amide bonds. The third-order valence-electron chi connectivity index (χ3n) is 4.78. The maximum absolute atomic E-state index is 5.57. The molecule has 0 saturated carbocycles. The lowest BCUT2D eigenvalue weighted by atomic mass is 9.88. The molecule has 4 rings (SSSR count). The topological polar surface area (TPSA) is 30.5 Å². The van der Waals surface area contributed by atoms with E-state index in [4.69, 9.17) is 9.47 Å². The van der Waals surface area contributed by atoms with Crippen molar-refractivity contribution in [2.24, 2.45) is 0 Å². The van der Waals surface area contributed by atoms with E-state index >= 15 is 0 Å². The SMILES string of the molecule is c1ccc(CNCC[C@H](c2ccccc2)c2ccc3c(c2)OCO3)cc1. The molecule has 0 unspecified atom stereocenters. The first kappa shape index (κ1) is 16.7. The second kappa shape index (κ2) is 8.07. The number of benzene rings is 3. The van der Waals surface area contributed by atoms with Gasteiger partial charge in [-0.05, 0) is 41.8 Å². The van der Waals surface area contributed by atoms with Gasteiger partial charge < -0.3 is 14.8 Å². The minimum Gasteiger partial charge on any atom is -0.454 e. The molecule has 0 fully saturated rings. The third-order valence-corrected chi connectivity index (χ3v) is 4.78. The Hall–Kier alpha value is -2.78. The fourth-order valence-corrected chi connectivity index (χ4v) is 3.42. The first-order valence-corrected chi connectivity index (χ1v) is 9.09. The quantitative estimate of drug-likeness (QED) is 0.628. The maximum atomic E-state index is 5.57. The Morgan fingerprint density at radius 1 is 0.769 bits per heavy atom. The largest absolute Gasteiger partial charge is 0.454 e. The van der Waals surface area contributed by atoms with Crippen LogP contribution in [-0.2, 0) is 6.54 Å². The van der Waals surface area contributed by atoms with Crippen LogP contribution in [0, 0.1) is 0 Å². The van der Waals surface area contributed by atoms with Gasteiger partial charge in [0.05, 0.1) is 0 Å². The summed E-state index contributed by atoms with van der Waals surface area (Å²) in [5.41, 5.74) is 3.90. The molecular weight excluding hydrogens is 322 g/mol. The Morgan fingerprint density at radius 2 is 1.50 bits per heavy atom. The van der Waals surface area contributed by atoms with Gasteiger partial charge in [-0.2, -0.15) is 0 Å². The molecule has 1 aliphatic heterocycles. The second-order valence-electron chi connectivity index (χ2n) is 6.53. The summed E-state index contributed by atoms with van der Waals surface area (Å²) in [6.07, 6.45) is 1.02. The van der Waals surface area contributed by atoms with Gasteiger partial charge in [0.15, 0.2) is 11.5 Å². The summed E-state index contributed by atoms with van der Waals surface area (Å²) in [4.78, 5) is 0. The zero-order valence-electron chi connectivity index (χ0n) is 14.7. The van der Waals surface area contributed by atoms with Gasteiger partial charge in [-0.25, -0.2) is 0 Å². The van der Waals surface area contributed by atoms with Gasteiger partial charge >= 0.3 is 0 Å². The molecular formula is C23H23NO2. The van der Waals surface area contributed by atoms with Gasteiger partial charge in [0.1, 0.15) is 0 Å². The first-order valence-electron chi connectivity index (χ1n) is 9.09. The minimum absolute atomic E-state index is 0.313. The summed E-state index contributed by atoms with van der Waals surface area (Å²) < 4.78 is 11.0. The molecule has 3 heteroatoms. The summed E-state index contributed by atoms with van der Waals surface area (Å²) in [5, 5.41) is 3.57. The van der Waals surface area contributed by atoms with Crippen molar-refractivity contribution in [3.05, 3.63) is 95.6 Å². The monoisotopic (exact) mass is 345 g/mol. The molecule has 0 radical (unpaired) electrons. The second-order valence-corrected chi connectivity index (χ2v) is 6.53. The normalized spacial score (nSPS) is 13.5. The molecule has 1 N–H and O–H groups in total. The summed E-state index contributed by atoms with van der Waals surface area (Å²) in [6.45, 7) is 2.15. The van der Waals surface area contributed by atoms with Crippen molar-refractivity contribution in [3.8, 4) is 11.5 Å². The number of fused-ring (bicyclic) bond motifs is 1. The highest BCUT2D eigenvalue weighted by Gasteiger charge is 2.19. The van der Waals surface area contributed by atoms with Crippen LogP contribution in [0.4, 0.5) is 0 Å². The van der Waals surface area contributed by atoms with Crippen LogP contribution in [0.1, 0.15) is 29.0 Å². The van der Waals surface area contributed by atoms with E-state index in [0.29, 0.717) is 12.7 Å². The molecule has 0 saturated heterocycles. The van der Waals surface area contributed by atoms with E-state index in [1.54, 1.807) is 0 Å². The lowest BCUT2D eigenvalue weighted by Gasteiger charge is -2.19. The molecule has 1 aliphatic rings. The van der Waals surface area contributed by atoms with Crippen molar-refractivity contribution in [1.82, 2.24) is 5.32 Å². The third kappa shape index (κ3) is 3.89. The van der Waals surface area contributed by atoms with Crippen LogP contribution >= 0.6 is 0 Å². The average Bonchev–Trinajstić information content (AvgIpc) is 3.17. The Balaban J connectivity index is 1.47. The molecule has 0 aliphatic carbocycles. The molecule has 1 heterocycles.